The van der Waals surface area contributed by atoms with Gasteiger partial charge in [0.25, 0.3) is 0 Å². The van der Waals surface area contributed by atoms with E-state index in [1.165, 1.54) is 30.7 Å². The second kappa shape index (κ2) is 8.85. The maximum atomic E-state index is 12.2. The van der Waals surface area contributed by atoms with E-state index < -0.39 is 28.7 Å². The van der Waals surface area contributed by atoms with Gasteiger partial charge in [-0.15, -0.1) is 0 Å². The Morgan fingerprint density at radius 1 is 1.17 bits per heavy atom. The van der Waals surface area contributed by atoms with Crippen molar-refractivity contribution in [1.29, 1.82) is 0 Å². The number of anilines is 1. The number of rotatable bonds is 7. The van der Waals surface area contributed by atoms with E-state index in [-0.39, 0.29) is 29.5 Å². The van der Waals surface area contributed by atoms with E-state index in [0.29, 0.717) is 11.3 Å². The molecular weight excluding hydrogens is 392 g/mol. The fraction of sp³-hybridized carbons (Fsp3) is 0.400. The lowest BCUT2D eigenvalue weighted by Crippen LogP contribution is -2.27. The van der Waals surface area contributed by atoms with Gasteiger partial charge in [-0.25, -0.2) is 0 Å². The van der Waals surface area contributed by atoms with Crippen LogP contribution < -0.4 is 5.32 Å². The number of benzene rings is 1. The summed E-state index contributed by atoms with van der Waals surface area (Å²) in [6.07, 6.45) is 0. The Bertz CT molecular complexity index is 986. The van der Waals surface area contributed by atoms with Gasteiger partial charge in [-0.2, -0.15) is 5.10 Å². The molecule has 1 heterocycles. The van der Waals surface area contributed by atoms with Gasteiger partial charge in [0.1, 0.15) is 17.9 Å². The number of nitrogens with zero attached hydrogens (tertiary/aromatic N) is 3. The van der Waals surface area contributed by atoms with Crippen molar-refractivity contribution in [3.8, 4) is 0 Å². The number of nitrogens with one attached hydrogen (secondary N) is 1. The third-order valence-corrected chi connectivity index (χ3v) is 4.31. The maximum Gasteiger partial charge on any atom is 0.328 e. The van der Waals surface area contributed by atoms with E-state index in [0.717, 1.165) is 0 Å². The van der Waals surface area contributed by atoms with Crippen molar-refractivity contribution in [2.24, 2.45) is 5.41 Å². The number of nitro groups is 1. The smallest absolute Gasteiger partial charge is 0.328 e. The number of hydrogen-bond donors (Lipinski definition) is 1. The lowest BCUT2D eigenvalue weighted by atomic mass is 9.95. The van der Waals surface area contributed by atoms with Gasteiger partial charge in [0.05, 0.1) is 4.92 Å². The number of carbonyl (C=O) groups excluding carboxylic acids is 3. The Labute approximate surface area is 173 Å². The normalized spacial score (nSPS) is 11.1. The first-order chi connectivity index (χ1) is 13.9. The average molecular weight is 416 g/mol. The molecule has 0 bridgehead atoms. The van der Waals surface area contributed by atoms with Crippen LogP contribution in [0.15, 0.2) is 24.3 Å². The highest BCUT2D eigenvalue weighted by Gasteiger charge is 2.23. The molecule has 0 fully saturated rings. The van der Waals surface area contributed by atoms with Gasteiger partial charge >= 0.3 is 11.7 Å². The van der Waals surface area contributed by atoms with Gasteiger partial charge < -0.3 is 10.1 Å². The molecule has 0 unspecified atom stereocenters. The molecule has 0 saturated carbocycles. The minimum Gasteiger partial charge on any atom is -0.456 e. The molecule has 0 aliphatic rings. The van der Waals surface area contributed by atoms with Crippen LogP contribution in [0.4, 0.5) is 11.4 Å². The number of Topliss-reactive ketones (excluding diaryl/α,β-unsaturated/α-hetero) is 1. The van der Waals surface area contributed by atoms with E-state index in [4.69, 9.17) is 4.74 Å². The van der Waals surface area contributed by atoms with E-state index >= 15 is 0 Å². The van der Waals surface area contributed by atoms with Gasteiger partial charge in [-0.05, 0) is 38.1 Å². The zero-order valence-electron chi connectivity index (χ0n) is 17.5. The first-order valence-electron chi connectivity index (χ1n) is 9.19. The van der Waals surface area contributed by atoms with Crippen molar-refractivity contribution < 1.29 is 24.0 Å². The quantitative estimate of drug-likeness (QED) is 0.317. The van der Waals surface area contributed by atoms with E-state index in [9.17, 15) is 24.5 Å². The average Bonchev–Trinajstić information content (AvgIpc) is 2.92. The molecule has 30 heavy (non-hydrogen) atoms. The molecule has 1 aromatic carbocycles. The third kappa shape index (κ3) is 5.49. The van der Waals surface area contributed by atoms with Crippen molar-refractivity contribution in [2.45, 2.75) is 41.2 Å². The van der Waals surface area contributed by atoms with Crippen LogP contribution in [0.25, 0.3) is 0 Å². The van der Waals surface area contributed by atoms with Crippen LogP contribution in [0, 0.1) is 29.4 Å². The van der Waals surface area contributed by atoms with E-state index in [1.54, 1.807) is 32.9 Å². The molecule has 0 aliphatic heterocycles. The molecule has 1 aromatic heterocycles. The van der Waals surface area contributed by atoms with Crippen LogP contribution in [-0.2, 0) is 20.9 Å². The van der Waals surface area contributed by atoms with Crippen LogP contribution in [-0.4, -0.2) is 39.0 Å². The van der Waals surface area contributed by atoms with Crippen LogP contribution in [0.3, 0.4) is 0 Å². The summed E-state index contributed by atoms with van der Waals surface area (Å²) in [6, 6.07) is 6.24. The Morgan fingerprint density at radius 3 is 2.27 bits per heavy atom. The monoisotopic (exact) mass is 416 g/mol. The first-order valence-corrected chi connectivity index (χ1v) is 9.19. The van der Waals surface area contributed by atoms with Crippen LogP contribution in [0.2, 0.25) is 0 Å². The maximum absolute atomic E-state index is 12.2. The molecule has 0 aliphatic carbocycles. The predicted octanol–water partition coefficient (Wildman–Crippen LogP) is 2.82. The largest absolute Gasteiger partial charge is 0.456 e. The predicted molar refractivity (Wildman–Crippen MR) is 108 cm³/mol. The lowest BCUT2D eigenvalue weighted by molar-refractivity contribution is -0.386. The topological polar surface area (TPSA) is 133 Å². The molecular formula is C20H24N4O6. The summed E-state index contributed by atoms with van der Waals surface area (Å²) in [7, 11) is 0. The molecule has 160 valence electrons. The summed E-state index contributed by atoms with van der Waals surface area (Å²) in [5, 5.41) is 17.7. The van der Waals surface area contributed by atoms with Gasteiger partial charge in [0.15, 0.2) is 12.4 Å². The Hall–Kier alpha value is -3.56. The van der Waals surface area contributed by atoms with Crippen molar-refractivity contribution in [3.05, 3.63) is 51.3 Å². The van der Waals surface area contributed by atoms with Crippen molar-refractivity contribution in [3.63, 3.8) is 0 Å². The summed E-state index contributed by atoms with van der Waals surface area (Å²) in [6.45, 7) is 7.51. The lowest BCUT2D eigenvalue weighted by Gasteiger charge is -2.17. The van der Waals surface area contributed by atoms with Crippen LogP contribution in [0.5, 0.6) is 0 Å². The van der Waals surface area contributed by atoms with E-state index in [1.807, 2.05) is 0 Å². The second-order valence-corrected chi connectivity index (χ2v) is 7.80. The molecule has 0 saturated heterocycles. The molecule has 10 heteroatoms. The molecule has 2 aromatic rings. The fourth-order valence-electron chi connectivity index (χ4n) is 2.56. The summed E-state index contributed by atoms with van der Waals surface area (Å²) in [4.78, 5) is 46.7. The standard InChI is InChI=1S/C20H24N4O6/c1-12-18(24(28)29)13(2)23(22-12)10-17(26)30-11-16(25)14-6-8-15(9-7-14)21-19(27)20(3,4)5/h6-9H,10-11H2,1-5H3,(H,21,27). The number of ketones is 1. The third-order valence-electron chi connectivity index (χ3n) is 4.31. The minimum atomic E-state index is -0.738. The molecule has 2 rings (SSSR count). The molecule has 0 spiro atoms. The Kier molecular flexibility index (Phi) is 6.70. The molecule has 1 amide bonds. The summed E-state index contributed by atoms with van der Waals surface area (Å²) < 4.78 is 6.15. The van der Waals surface area contributed by atoms with Gasteiger partial charge in [0, 0.05) is 16.7 Å². The zero-order chi connectivity index (χ0) is 22.6. The fourth-order valence-corrected chi connectivity index (χ4v) is 2.56. The first kappa shape index (κ1) is 22.7. The number of aryl methyl sites for hydroxylation is 1. The SMILES string of the molecule is Cc1nn(CC(=O)OCC(=O)c2ccc(NC(=O)C(C)(C)C)cc2)c(C)c1[N+](=O)[O-]. The molecule has 0 radical (unpaired) electrons. The number of amides is 1. The second-order valence-electron chi connectivity index (χ2n) is 7.80. The number of esters is 1. The number of hydrogen-bond acceptors (Lipinski definition) is 7. The highest BCUT2D eigenvalue weighted by Crippen LogP contribution is 2.21. The number of carbonyl (C=O) groups is 3. The van der Waals surface area contributed by atoms with Crippen LogP contribution in [0.1, 0.15) is 42.5 Å². The number of aromatic nitrogens is 2. The molecule has 1 N–H and O–H groups in total. The Morgan fingerprint density at radius 2 is 1.77 bits per heavy atom. The highest BCUT2D eigenvalue weighted by atomic mass is 16.6. The molecule has 0 atom stereocenters. The highest BCUT2D eigenvalue weighted by molar-refractivity contribution is 5.99. The van der Waals surface area contributed by atoms with Gasteiger partial charge in [0.2, 0.25) is 5.91 Å². The summed E-state index contributed by atoms with van der Waals surface area (Å²) in [5.74, 6) is -1.31. The summed E-state index contributed by atoms with van der Waals surface area (Å²) in [5.41, 5.74) is 0.591. The van der Waals surface area contributed by atoms with Crippen molar-refractivity contribution in [1.82, 2.24) is 9.78 Å². The minimum absolute atomic E-state index is 0.153. The van der Waals surface area contributed by atoms with Gasteiger partial charge in [-0.3, -0.25) is 29.2 Å². The Balaban J connectivity index is 1.93. The number of ether oxygens (including phenoxy) is 1. The van der Waals surface area contributed by atoms with Crippen molar-refractivity contribution >= 4 is 29.0 Å². The zero-order valence-corrected chi connectivity index (χ0v) is 17.5. The van der Waals surface area contributed by atoms with Crippen molar-refractivity contribution in [2.75, 3.05) is 11.9 Å². The molecule has 10 nitrogen and oxygen atoms in total. The summed E-state index contributed by atoms with van der Waals surface area (Å²) >= 11 is 0. The van der Waals surface area contributed by atoms with E-state index in [2.05, 4.69) is 10.4 Å². The van der Waals surface area contributed by atoms with Crippen LogP contribution >= 0.6 is 0 Å². The van der Waals surface area contributed by atoms with Gasteiger partial charge in [-0.1, -0.05) is 20.8 Å².